The van der Waals surface area contributed by atoms with Crippen LogP contribution in [0, 0.1) is 17.5 Å². The van der Waals surface area contributed by atoms with Gasteiger partial charge in [0.05, 0.1) is 11.3 Å². The second-order valence-electron chi connectivity index (χ2n) is 9.83. The van der Waals surface area contributed by atoms with Gasteiger partial charge in [0.2, 0.25) is 0 Å². The Kier molecular flexibility index (Phi) is 5.53. The molecule has 0 N–H and O–H groups in total. The quantitative estimate of drug-likeness (QED) is 0.223. The van der Waals surface area contributed by atoms with E-state index in [2.05, 4.69) is 55.6 Å². The van der Waals surface area contributed by atoms with Gasteiger partial charge in [-0.05, 0) is 76.1 Å². The van der Waals surface area contributed by atoms with E-state index in [1.165, 1.54) is 46.3 Å². The number of anilines is 3. The minimum atomic E-state index is -1.93. The lowest BCUT2D eigenvalue weighted by atomic mass is 10.0. The van der Waals surface area contributed by atoms with Gasteiger partial charge in [-0.15, -0.1) is 0 Å². The van der Waals surface area contributed by atoms with Crippen molar-refractivity contribution in [2.45, 2.75) is 13.1 Å². The average molecular weight is 508 g/mol. The number of rotatable bonds is 4. The number of hydrogen-bond donors (Lipinski definition) is 0. The minimum absolute atomic E-state index is 0.0689. The van der Waals surface area contributed by atoms with Gasteiger partial charge in [0.25, 0.3) is 0 Å². The second-order valence-corrected chi connectivity index (χ2v) is 14.2. The molecule has 0 radical (unpaired) electrons. The number of fused-ring (bicyclic) bond motifs is 3. The molecule has 0 unspecified atom stereocenters. The van der Waals surface area contributed by atoms with Gasteiger partial charge in [0, 0.05) is 16.9 Å². The number of benzene rings is 5. The Morgan fingerprint density at radius 3 is 1.97 bits per heavy atom. The van der Waals surface area contributed by atoms with Crippen LogP contribution >= 0.6 is 0 Å². The van der Waals surface area contributed by atoms with Crippen molar-refractivity contribution in [3.63, 3.8) is 0 Å². The van der Waals surface area contributed by atoms with E-state index in [1.54, 1.807) is 30.3 Å². The third kappa shape index (κ3) is 3.78. The molecule has 0 amide bonds. The molecule has 5 aromatic rings. The minimum Gasteiger partial charge on any atom is -0.310 e. The van der Waals surface area contributed by atoms with Crippen LogP contribution < -0.4 is 15.3 Å². The van der Waals surface area contributed by atoms with Crippen LogP contribution in [0.1, 0.15) is 0 Å². The molecular weight excluding hydrogens is 483 g/mol. The van der Waals surface area contributed by atoms with E-state index in [0.29, 0.717) is 5.56 Å². The Morgan fingerprint density at radius 1 is 0.568 bits per heavy atom. The highest BCUT2D eigenvalue weighted by atomic mass is 28.3. The zero-order valence-corrected chi connectivity index (χ0v) is 21.5. The molecule has 1 aliphatic heterocycles. The molecule has 5 heteroatoms. The summed E-state index contributed by atoms with van der Waals surface area (Å²) in [6, 6.07) is 32.2. The summed E-state index contributed by atoms with van der Waals surface area (Å²) < 4.78 is 43.3. The molecule has 1 heterocycles. The van der Waals surface area contributed by atoms with Gasteiger partial charge in [-0.25, -0.2) is 13.2 Å². The number of hydrogen-bond acceptors (Lipinski definition) is 1. The first kappa shape index (κ1) is 23.3. The van der Waals surface area contributed by atoms with Crippen LogP contribution in [0.2, 0.25) is 13.1 Å². The lowest BCUT2D eigenvalue weighted by molar-refractivity contribution is 0.589. The first-order valence-corrected chi connectivity index (χ1v) is 15.2. The van der Waals surface area contributed by atoms with Gasteiger partial charge in [-0.1, -0.05) is 67.7 Å². The van der Waals surface area contributed by atoms with Crippen LogP contribution in [0.25, 0.3) is 22.3 Å². The number of halogens is 3. The van der Waals surface area contributed by atoms with Crippen LogP contribution in [0.15, 0.2) is 109 Å². The smallest absolute Gasteiger partial charge is 0.133 e. The Hall–Kier alpha value is -4.09. The fraction of sp³-hybridized carbons (Fsp3) is 0.0625. The summed E-state index contributed by atoms with van der Waals surface area (Å²) in [4.78, 5) is 2.05. The Bertz CT molecular complexity index is 1620. The molecule has 0 saturated carbocycles. The maximum absolute atomic E-state index is 14.7. The largest absolute Gasteiger partial charge is 0.310 e. The first-order valence-electron chi connectivity index (χ1n) is 12.2. The maximum Gasteiger partial charge on any atom is 0.133 e. The van der Waals surface area contributed by atoms with Crippen LogP contribution in [0.5, 0.6) is 0 Å². The lowest BCUT2D eigenvalue weighted by Gasteiger charge is -2.29. The van der Waals surface area contributed by atoms with E-state index < -0.39 is 19.7 Å². The Balaban J connectivity index is 1.62. The summed E-state index contributed by atoms with van der Waals surface area (Å²) in [7, 11) is -1.93. The molecule has 37 heavy (non-hydrogen) atoms. The topological polar surface area (TPSA) is 3.24 Å². The summed E-state index contributed by atoms with van der Waals surface area (Å²) in [5.41, 5.74) is 5.15. The van der Waals surface area contributed by atoms with Crippen LogP contribution in [-0.2, 0) is 0 Å². The average Bonchev–Trinajstić information content (AvgIpc) is 3.13. The van der Waals surface area contributed by atoms with Crippen molar-refractivity contribution in [2.75, 3.05) is 4.90 Å². The predicted molar refractivity (Wildman–Crippen MR) is 149 cm³/mol. The van der Waals surface area contributed by atoms with E-state index in [4.69, 9.17) is 0 Å². The molecule has 0 atom stereocenters. The predicted octanol–water partition coefficient (Wildman–Crippen LogP) is 8.04. The zero-order valence-electron chi connectivity index (χ0n) is 20.5. The molecule has 0 fully saturated rings. The molecule has 5 aromatic carbocycles. The zero-order chi connectivity index (χ0) is 25.7. The second kappa shape index (κ2) is 8.78. The third-order valence-electron chi connectivity index (χ3n) is 7.27. The summed E-state index contributed by atoms with van der Waals surface area (Å²) in [6.45, 7) is 4.70. The van der Waals surface area contributed by atoms with E-state index in [0.717, 1.165) is 22.6 Å². The van der Waals surface area contributed by atoms with E-state index in [1.807, 2.05) is 11.0 Å². The highest BCUT2D eigenvalue weighted by molar-refractivity contribution is 7.04. The highest BCUT2D eigenvalue weighted by Crippen LogP contribution is 2.43. The monoisotopic (exact) mass is 507 g/mol. The fourth-order valence-corrected chi connectivity index (χ4v) is 8.60. The summed E-state index contributed by atoms with van der Waals surface area (Å²) >= 11 is 0. The standard InChI is InChI=1S/C32H24F3NSi/c1-37(2)29-14-4-3-10-25(29)32-28(13-7-15-30(32)37)36(23-18-16-22(33)17-19-23)24-9-5-8-21(20-24)31-26(34)11-6-12-27(31)35/h3-20H,1-2H3. The molecule has 182 valence electrons. The molecule has 0 aliphatic carbocycles. The lowest BCUT2D eigenvalue weighted by Crippen LogP contribution is -2.49. The van der Waals surface area contributed by atoms with E-state index in [-0.39, 0.29) is 11.4 Å². The van der Waals surface area contributed by atoms with Crippen molar-refractivity contribution in [3.8, 4) is 22.3 Å². The molecule has 0 saturated heterocycles. The van der Waals surface area contributed by atoms with Crippen molar-refractivity contribution >= 4 is 35.5 Å². The van der Waals surface area contributed by atoms with E-state index >= 15 is 0 Å². The molecule has 1 nitrogen and oxygen atoms in total. The molecule has 0 spiro atoms. The summed E-state index contributed by atoms with van der Waals surface area (Å²) in [5.74, 6) is -1.57. The molecule has 1 aliphatic rings. The summed E-state index contributed by atoms with van der Waals surface area (Å²) in [5, 5.41) is 2.70. The Labute approximate surface area is 215 Å². The molecule has 6 rings (SSSR count). The summed E-state index contributed by atoms with van der Waals surface area (Å²) in [6.07, 6.45) is 0. The van der Waals surface area contributed by atoms with Gasteiger partial charge < -0.3 is 4.90 Å². The van der Waals surface area contributed by atoms with Crippen LogP contribution in [0.3, 0.4) is 0 Å². The van der Waals surface area contributed by atoms with Crippen molar-refractivity contribution in [1.29, 1.82) is 0 Å². The van der Waals surface area contributed by atoms with Crippen molar-refractivity contribution in [1.82, 2.24) is 0 Å². The maximum atomic E-state index is 14.7. The highest BCUT2D eigenvalue weighted by Gasteiger charge is 2.39. The number of nitrogens with zero attached hydrogens (tertiary/aromatic N) is 1. The Morgan fingerprint density at radius 2 is 1.22 bits per heavy atom. The molecule has 0 aromatic heterocycles. The van der Waals surface area contributed by atoms with Crippen molar-refractivity contribution in [3.05, 3.63) is 127 Å². The third-order valence-corrected chi connectivity index (χ3v) is 10.8. The van der Waals surface area contributed by atoms with Crippen LogP contribution in [-0.4, -0.2) is 8.07 Å². The van der Waals surface area contributed by atoms with Crippen molar-refractivity contribution < 1.29 is 13.2 Å². The van der Waals surface area contributed by atoms with Gasteiger partial charge in [-0.3, -0.25) is 0 Å². The van der Waals surface area contributed by atoms with Crippen molar-refractivity contribution in [2.24, 2.45) is 0 Å². The van der Waals surface area contributed by atoms with E-state index in [9.17, 15) is 13.2 Å². The van der Waals surface area contributed by atoms with Gasteiger partial charge in [0.1, 0.15) is 25.5 Å². The SMILES string of the molecule is C[Si]1(C)c2ccccc2-c2c(N(c3ccc(F)cc3)c3cccc(-c4c(F)cccc4F)c3)cccc21. The van der Waals surface area contributed by atoms with Crippen LogP contribution in [0.4, 0.5) is 30.2 Å². The first-order chi connectivity index (χ1) is 17.9. The molecular formula is C32H24F3NSi. The van der Waals surface area contributed by atoms with Gasteiger partial charge in [0.15, 0.2) is 0 Å². The van der Waals surface area contributed by atoms with Gasteiger partial charge >= 0.3 is 0 Å². The molecule has 0 bridgehead atoms. The fourth-order valence-electron chi connectivity index (χ4n) is 5.51. The normalized spacial score (nSPS) is 13.2. The van der Waals surface area contributed by atoms with Gasteiger partial charge in [-0.2, -0.15) is 0 Å².